The van der Waals surface area contributed by atoms with Gasteiger partial charge < -0.3 is 9.15 Å². The fourth-order valence-corrected chi connectivity index (χ4v) is 3.30. The Morgan fingerprint density at radius 2 is 2.04 bits per heavy atom. The predicted molar refractivity (Wildman–Crippen MR) is 102 cm³/mol. The smallest absolute Gasteiger partial charge is 0.417 e. The van der Waals surface area contributed by atoms with Gasteiger partial charge >= 0.3 is 5.76 Å². The molecule has 0 aliphatic heterocycles. The molecular weight excluding hydrogens is 394 g/mol. The van der Waals surface area contributed by atoms with Crippen molar-refractivity contribution in [1.29, 1.82) is 0 Å². The van der Waals surface area contributed by atoms with E-state index in [0.29, 0.717) is 21.9 Å². The lowest BCUT2D eigenvalue weighted by atomic mass is 10.2. The first kappa shape index (κ1) is 19.0. The zero-order valence-corrected chi connectivity index (χ0v) is 16.0. The van der Waals surface area contributed by atoms with E-state index in [2.05, 4.69) is 14.9 Å². The Bertz CT molecular complexity index is 1160. The molecule has 1 heterocycles. The molecule has 2 N–H and O–H groups in total. The molecule has 3 rings (SSSR count). The molecule has 0 radical (unpaired) electrons. The van der Waals surface area contributed by atoms with Crippen molar-refractivity contribution in [2.75, 3.05) is 0 Å². The van der Waals surface area contributed by atoms with Gasteiger partial charge in [-0.2, -0.15) is 13.5 Å². The molecule has 3 aromatic rings. The van der Waals surface area contributed by atoms with Crippen molar-refractivity contribution in [2.24, 2.45) is 5.10 Å². The summed E-state index contributed by atoms with van der Waals surface area (Å²) in [5.41, 5.74) is 1.13. The number of fused-ring (bicyclic) bond motifs is 1. The second-order valence-electron chi connectivity index (χ2n) is 5.88. The van der Waals surface area contributed by atoms with Crippen LogP contribution in [0.3, 0.4) is 0 Å². The molecule has 0 amide bonds. The maximum atomic E-state index is 12.3. The summed E-state index contributed by atoms with van der Waals surface area (Å²) in [6, 6.07) is 8.99. The minimum atomic E-state index is -3.93. The third-order valence-electron chi connectivity index (χ3n) is 3.41. The monoisotopic (exact) mass is 409 g/mol. The predicted octanol–water partition coefficient (Wildman–Crippen LogP) is 2.87. The summed E-state index contributed by atoms with van der Waals surface area (Å²) < 4.78 is 35.0. The second-order valence-corrected chi connectivity index (χ2v) is 7.95. The van der Waals surface area contributed by atoms with Gasteiger partial charge in [-0.3, -0.25) is 4.98 Å². The number of aromatic amines is 1. The highest BCUT2D eigenvalue weighted by atomic mass is 35.5. The van der Waals surface area contributed by atoms with Crippen LogP contribution in [0.4, 0.5) is 0 Å². The number of nitrogens with zero attached hydrogens (tertiary/aromatic N) is 1. The Balaban J connectivity index is 1.75. The summed E-state index contributed by atoms with van der Waals surface area (Å²) >= 11 is 6.13. The van der Waals surface area contributed by atoms with Gasteiger partial charge in [-0.25, -0.2) is 9.63 Å². The number of oxazole rings is 1. The molecule has 142 valence electrons. The number of hydrogen-bond donors (Lipinski definition) is 2. The highest BCUT2D eigenvalue weighted by Crippen LogP contribution is 2.25. The van der Waals surface area contributed by atoms with Crippen LogP contribution in [0.5, 0.6) is 5.75 Å². The standard InChI is InChI=1S/C17H16ClN3O5S/c1-10(2)25-15-6-3-11(7-13(15)18)9-19-21-27(23,24)12-4-5-14-16(8-12)26-17(22)20-14/h3-10,21H,1-2H3,(H,20,22)/b19-9+. The quantitative estimate of drug-likeness (QED) is 0.480. The van der Waals surface area contributed by atoms with E-state index >= 15 is 0 Å². The molecule has 0 aliphatic carbocycles. The Hall–Kier alpha value is -2.78. The van der Waals surface area contributed by atoms with Crippen LogP contribution in [0.2, 0.25) is 5.02 Å². The fraction of sp³-hybridized carbons (Fsp3) is 0.176. The molecule has 0 fully saturated rings. The van der Waals surface area contributed by atoms with Gasteiger partial charge in [0, 0.05) is 6.07 Å². The number of rotatable bonds is 6. The molecule has 8 nitrogen and oxygen atoms in total. The molecule has 0 spiro atoms. The topological polar surface area (TPSA) is 114 Å². The van der Waals surface area contributed by atoms with Crippen LogP contribution in [0.15, 0.2) is 55.6 Å². The third kappa shape index (κ3) is 4.50. The van der Waals surface area contributed by atoms with Crippen LogP contribution in [0.1, 0.15) is 19.4 Å². The zero-order valence-electron chi connectivity index (χ0n) is 14.4. The largest absolute Gasteiger partial charge is 0.489 e. The molecule has 1 aromatic heterocycles. The first-order valence-corrected chi connectivity index (χ1v) is 9.75. The van der Waals surface area contributed by atoms with Gasteiger partial charge in [-0.15, -0.1) is 0 Å². The molecule has 27 heavy (non-hydrogen) atoms. The summed E-state index contributed by atoms with van der Waals surface area (Å²) in [4.78, 5) is 15.6. The number of sulfonamides is 1. The van der Waals surface area contributed by atoms with Gasteiger partial charge in [-0.1, -0.05) is 11.6 Å². The van der Waals surface area contributed by atoms with Crippen LogP contribution in [0.25, 0.3) is 11.1 Å². The van der Waals surface area contributed by atoms with Gasteiger partial charge in [0.05, 0.1) is 27.8 Å². The average Bonchev–Trinajstić information content (AvgIpc) is 2.96. The highest BCUT2D eigenvalue weighted by Gasteiger charge is 2.15. The minimum Gasteiger partial charge on any atom is -0.489 e. The SMILES string of the molecule is CC(C)Oc1ccc(/C=N/NS(=O)(=O)c2ccc3[nH]c(=O)oc3c2)cc1Cl. The lowest BCUT2D eigenvalue weighted by molar-refractivity contribution is 0.242. The number of H-pyrrole nitrogens is 1. The lowest BCUT2D eigenvalue weighted by Gasteiger charge is -2.11. The number of hydrazone groups is 1. The van der Waals surface area contributed by atoms with E-state index in [9.17, 15) is 13.2 Å². The maximum absolute atomic E-state index is 12.3. The van der Waals surface area contributed by atoms with Crippen LogP contribution >= 0.6 is 11.6 Å². The van der Waals surface area contributed by atoms with E-state index in [-0.39, 0.29) is 16.6 Å². The Morgan fingerprint density at radius 1 is 1.26 bits per heavy atom. The lowest BCUT2D eigenvalue weighted by Crippen LogP contribution is -2.18. The van der Waals surface area contributed by atoms with Crippen molar-refractivity contribution < 1.29 is 17.6 Å². The average molecular weight is 410 g/mol. The Labute approximate surface area is 159 Å². The molecule has 2 aromatic carbocycles. The van der Waals surface area contributed by atoms with E-state index in [0.717, 1.165) is 0 Å². The summed E-state index contributed by atoms with van der Waals surface area (Å²) in [7, 11) is -3.93. The van der Waals surface area contributed by atoms with Crippen LogP contribution < -0.4 is 15.3 Å². The molecule has 0 bridgehead atoms. The molecular formula is C17H16ClN3O5S. The highest BCUT2D eigenvalue weighted by molar-refractivity contribution is 7.89. The van der Waals surface area contributed by atoms with Crippen molar-refractivity contribution in [3.05, 3.63) is 57.5 Å². The zero-order chi connectivity index (χ0) is 19.6. The molecule has 0 aliphatic rings. The summed E-state index contributed by atoms with van der Waals surface area (Å²) in [6.07, 6.45) is 1.30. The Morgan fingerprint density at radius 3 is 2.74 bits per heavy atom. The maximum Gasteiger partial charge on any atom is 0.417 e. The fourth-order valence-electron chi connectivity index (χ4n) is 2.26. The van der Waals surface area contributed by atoms with Gasteiger partial charge in [0.1, 0.15) is 5.75 Å². The van der Waals surface area contributed by atoms with Crippen LogP contribution in [0, 0.1) is 0 Å². The van der Waals surface area contributed by atoms with E-state index in [1.54, 1.807) is 18.2 Å². The minimum absolute atomic E-state index is 0.0179. The molecule has 0 saturated carbocycles. The van der Waals surface area contributed by atoms with Crippen molar-refractivity contribution >= 4 is 38.9 Å². The molecule has 10 heteroatoms. The number of halogens is 1. The van der Waals surface area contributed by atoms with Crippen molar-refractivity contribution in [2.45, 2.75) is 24.8 Å². The number of aromatic nitrogens is 1. The van der Waals surface area contributed by atoms with Gasteiger partial charge in [0.2, 0.25) is 0 Å². The van der Waals surface area contributed by atoms with Crippen LogP contribution in [-0.2, 0) is 10.0 Å². The molecule has 0 saturated heterocycles. The Kier molecular flexibility index (Phi) is 5.24. The van der Waals surface area contributed by atoms with Gasteiger partial charge in [0.15, 0.2) is 5.58 Å². The van der Waals surface area contributed by atoms with Gasteiger partial charge in [0.25, 0.3) is 10.0 Å². The molecule has 0 unspecified atom stereocenters. The number of nitrogens with one attached hydrogen (secondary N) is 2. The van der Waals surface area contributed by atoms with Gasteiger partial charge in [-0.05, 0) is 49.7 Å². The van der Waals surface area contributed by atoms with E-state index < -0.39 is 15.8 Å². The third-order valence-corrected chi connectivity index (χ3v) is 4.92. The van der Waals surface area contributed by atoms with Crippen LogP contribution in [-0.4, -0.2) is 25.7 Å². The summed E-state index contributed by atoms with van der Waals surface area (Å²) in [5, 5.41) is 4.14. The van der Waals surface area contributed by atoms with Crippen molar-refractivity contribution in [1.82, 2.24) is 9.82 Å². The second kappa shape index (κ2) is 7.45. The number of ether oxygens (including phenoxy) is 1. The normalized spacial score (nSPS) is 12.1. The van der Waals surface area contributed by atoms with E-state index in [1.807, 2.05) is 13.8 Å². The molecule has 0 atom stereocenters. The van der Waals surface area contributed by atoms with Crippen molar-refractivity contribution in [3.63, 3.8) is 0 Å². The number of hydrogen-bond acceptors (Lipinski definition) is 6. The number of benzene rings is 2. The van der Waals surface area contributed by atoms with E-state index in [1.165, 1.54) is 24.4 Å². The summed E-state index contributed by atoms with van der Waals surface area (Å²) in [6.45, 7) is 3.77. The van der Waals surface area contributed by atoms with Crippen molar-refractivity contribution in [3.8, 4) is 5.75 Å². The van der Waals surface area contributed by atoms with E-state index in [4.69, 9.17) is 20.8 Å². The summed E-state index contributed by atoms with van der Waals surface area (Å²) in [5.74, 6) is -0.127. The first-order chi connectivity index (χ1) is 12.7. The first-order valence-electron chi connectivity index (χ1n) is 7.88.